The molecule has 3 aliphatic carbocycles. The number of nitrogens with zero attached hydrogens (tertiary/aromatic N) is 6. The van der Waals surface area contributed by atoms with Crippen LogP contribution in [0.25, 0.3) is 0 Å². The third-order valence-corrected chi connectivity index (χ3v) is 22.4. The number of phenols is 6. The zero-order valence-corrected chi connectivity index (χ0v) is 58.7. The van der Waals surface area contributed by atoms with E-state index in [1.54, 1.807) is 24.3 Å². The lowest BCUT2D eigenvalue weighted by Crippen LogP contribution is -2.57. The van der Waals surface area contributed by atoms with Crippen LogP contribution in [0.5, 0.6) is 34.5 Å². The number of aromatic hydroxyl groups is 6. The van der Waals surface area contributed by atoms with Gasteiger partial charge in [-0.3, -0.25) is 28.8 Å². The Hall–Kier alpha value is -9.68. The molecule has 18 N–H and O–H groups in total. The molecule has 6 aliphatic heterocycles. The van der Waals surface area contributed by atoms with Crippen LogP contribution in [0.2, 0.25) is 0 Å². The summed E-state index contributed by atoms with van der Waals surface area (Å²) in [6.45, 7) is 11.2. The Morgan fingerprint density at radius 1 is 0.245 bits per heavy atom. The number of halogens is 2. The molecule has 0 spiro atoms. The second-order valence-electron chi connectivity index (χ2n) is 29.5. The average molecular weight is 1480 g/mol. The van der Waals surface area contributed by atoms with Crippen molar-refractivity contribution in [3.8, 4) is 34.5 Å². The van der Waals surface area contributed by atoms with Gasteiger partial charge in [0.1, 0.15) is 152 Å². The monoisotopic (exact) mass is 1470 g/mol. The van der Waals surface area contributed by atoms with E-state index < -0.39 is 91.5 Å². The molecule has 6 fully saturated rings. The van der Waals surface area contributed by atoms with Crippen LogP contribution in [-0.4, -0.2) is 282 Å². The summed E-state index contributed by atoms with van der Waals surface area (Å²) in [5.74, 6) is -9.58. The Kier molecular flexibility index (Phi) is 20.6. The van der Waals surface area contributed by atoms with Crippen molar-refractivity contribution in [3.63, 3.8) is 0 Å². The zero-order valence-electron chi connectivity index (χ0n) is 58.7. The maximum atomic E-state index is 15.4. The summed E-state index contributed by atoms with van der Waals surface area (Å²) in [5, 5.41) is 143. The highest BCUT2D eigenvalue weighted by Gasteiger charge is 2.46. The summed E-state index contributed by atoms with van der Waals surface area (Å²) < 4.78 is 30.2. The summed E-state index contributed by atoms with van der Waals surface area (Å²) in [5.41, 5.74) is -1.72. The Labute approximate surface area is 607 Å². The van der Waals surface area contributed by atoms with Gasteiger partial charge in [0.2, 0.25) is 34.7 Å². The molecule has 15 rings (SSSR count). The number of phenolic OH excluding ortho intramolecular Hbond substituents is 6. The number of fused-ring (bicyclic) bond motifs is 6. The predicted octanol–water partition coefficient (Wildman–Crippen LogP) is 6.81. The van der Waals surface area contributed by atoms with E-state index >= 15 is 8.78 Å². The molecule has 0 saturated carbocycles. The number of anilines is 6. The van der Waals surface area contributed by atoms with Crippen LogP contribution in [0, 0.1) is 11.6 Å². The highest BCUT2D eigenvalue weighted by atomic mass is 19.2. The van der Waals surface area contributed by atoms with Gasteiger partial charge in [-0.25, -0.2) is 40.0 Å². The molecule has 32 heteroatoms. The van der Waals surface area contributed by atoms with Crippen LogP contribution in [0.3, 0.4) is 0 Å². The fourth-order valence-corrected chi connectivity index (χ4v) is 15.7. The van der Waals surface area contributed by atoms with Crippen LogP contribution in [0.4, 0.5) is 42.9 Å². The SMILES string of the molecule is O=C1c2c(O)ccc(O)c2C(=O)c2c(NCC[N+]3(O)CCC3)c(F)c(F)c(NCC[N+]3(O)CCC3)c21.O=C1c2c(O)ccc(O)c2C(=O)c2c(NCC[N+]3(O)CCC3)ccc(NCC[N+]3(O)CCC3)c21.O=C1c2c(O)ccc(O)c2C(=O)c2c(NCC[N+]3(O)CCCC3)ccc(NCC[N+]3(O)CCCC3)c21. The first-order valence-electron chi connectivity index (χ1n) is 36.3. The number of carbonyl (C=O) groups is 6. The standard InChI is InChI=1S/C26H32N4O6.C24H26F2N4O6.C24H28N4O6/c31-19-7-8-20(32)24-23(19)25(33)21-17(27-9-15-29(35)11-1-2-12-29)5-6-18(22(21)26(24)34)28-10-16-30(36)13-3-4-14-30;25-19-20(26)22(28-6-12-30(36)9-2-10-30)18-17(21(19)27-5-11-29(35)7-1-8-29)23(33)15-13(31)3-4-14(32)16(15)24(18)34;29-17-5-6-18(30)22-21(17)23(31)19-15(25-7-13-27(33)9-1-10-27)3-4-16(20(19)24(22)32)26-8-14-28(34)11-2-12-28/h5-8,35-36H,1-4,9-16H2,(H2-2,27,28,31,32,33,34);3-4,35-36H,1-2,5-12H2,(H2-2,27,28,31,32,33,34);3-6,33-34H,1-2,7-14H2,(H2-2,25,26,29,30,31,32)/p+6. The predicted molar refractivity (Wildman–Crippen MR) is 377 cm³/mol. The van der Waals surface area contributed by atoms with E-state index in [0.29, 0.717) is 154 Å². The number of quaternary nitrogens is 6. The minimum Gasteiger partial charge on any atom is -0.507 e. The lowest BCUT2D eigenvalue weighted by molar-refractivity contribution is -1.13. The summed E-state index contributed by atoms with van der Waals surface area (Å²) in [4.78, 5) is 81.3. The number of nitrogens with one attached hydrogen (secondary N) is 6. The number of carbonyl (C=O) groups excluding carboxylic acids is 6. The first-order chi connectivity index (χ1) is 50.5. The van der Waals surface area contributed by atoms with Crippen LogP contribution >= 0.6 is 0 Å². The third kappa shape index (κ3) is 14.3. The summed E-state index contributed by atoms with van der Waals surface area (Å²) in [6, 6.07) is 13.7. The molecule has 0 aromatic heterocycles. The molecule has 30 nitrogen and oxygen atoms in total. The van der Waals surface area contributed by atoms with Crippen molar-refractivity contribution >= 4 is 68.8 Å². The van der Waals surface area contributed by atoms with Gasteiger partial charge in [0.25, 0.3) is 0 Å². The molecular weight excluding hydrogens is 1380 g/mol. The van der Waals surface area contributed by atoms with E-state index in [0.717, 1.165) is 63.5 Å². The molecule has 6 heterocycles. The van der Waals surface area contributed by atoms with E-state index in [1.807, 2.05) is 0 Å². The largest absolute Gasteiger partial charge is 0.507 e. The molecule has 0 atom stereocenters. The van der Waals surface area contributed by atoms with Gasteiger partial charge in [-0.1, -0.05) is 0 Å². The number of benzene rings is 6. The van der Waals surface area contributed by atoms with Crippen molar-refractivity contribution in [1.82, 2.24) is 0 Å². The van der Waals surface area contributed by atoms with Gasteiger partial charge in [0, 0.05) is 48.4 Å². The summed E-state index contributed by atoms with van der Waals surface area (Å²) in [7, 11) is 0. The quantitative estimate of drug-likeness (QED) is 0.0218. The normalized spacial score (nSPS) is 19.4. The first-order valence-corrected chi connectivity index (χ1v) is 36.3. The lowest BCUT2D eigenvalue weighted by Gasteiger charge is -2.37. The van der Waals surface area contributed by atoms with Gasteiger partial charge in [0.15, 0.2) is 11.6 Å². The third-order valence-electron chi connectivity index (χ3n) is 22.4. The molecule has 0 radical (unpaired) electrons. The number of rotatable bonds is 24. The number of hydroxylamine groups is 18. The molecule has 564 valence electrons. The van der Waals surface area contributed by atoms with Gasteiger partial charge in [-0.2, -0.15) is 27.9 Å². The van der Waals surface area contributed by atoms with Crippen molar-refractivity contribution in [2.45, 2.75) is 51.4 Å². The van der Waals surface area contributed by atoms with E-state index in [9.17, 15) is 90.6 Å². The Morgan fingerprint density at radius 2 is 0.415 bits per heavy atom. The number of hydrogen-bond acceptors (Lipinski definition) is 24. The van der Waals surface area contributed by atoms with Crippen LogP contribution in [0.15, 0.2) is 60.7 Å². The zero-order chi connectivity index (χ0) is 75.4. The number of likely N-dealkylation sites (tertiary alicyclic amines) is 6. The smallest absolute Gasteiger partial charge is 0.200 e. The van der Waals surface area contributed by atoms with Crippen LogP contribution in [0.1, 0.15) is 147 Å². The van der Waals surface area contributed by atoms with Gasteiger partial charge in [0.05, 0.1) is 143 Å². The summed E-state index contributed by atoms with van der Waals surface area (Å²) in [6.07, 6.45) is 7.45. The molecule has 6 aromatic carbocycles. The van der Waals surface area contributed by atoms with Crippen molar-refractivity contribution in [1.29, 1.82) is 0 Å². The van der Waals surface area contributed by atoms with E-state index in [2.05, 4.69) is 31.9 Å². The van der Waals surface area contributed by atoms with E-state index in [-0.39, 0.29) is 122 Å². The highest BCUT2D eigenvalue weighted by molar-refractivity contribution is 6.35. The maximum Gasteiger partial charge on any atom is 0.200 e. The van der Waals surface area contributed by atoms with Crippen LogP contribution in [-0.2, 0) is 0 Å². The Morgan fingerprint density at radius 3 is 0.594 bits per heavy atom. The fourth-order valence-electron chi connectivity index (χ4n) is 15.7. The molecule has 6 aromatic rings. The van der Waals surface area contributed by atoms with Crippen LogP contribution < -0.4 is 31.9 Å². The minimum absolute atomic E-state index is 0.0169. The molecule has 0 bridgehead atoms. The second kappa shape index (κ2) is 29.2. The van der Waals surface area contributed by atoms with Gasteiger partial charge in [-0.05, 0) is 60.7 Å². The topological polar surface area (TPSA) is 417 Å². The van der Waals surface area contributed by atoms with Gasteiger partial charge in [-0.15, -0.1) is 0 Å². The number of ketones is 6. The average Bonchev–Trinajstić information content (AvgIpc) is 0.792. The summed E-state index contributed by atoms with van der Waals surface area (Å²) >= 11 is 0. The van der Waals surface area contributed by atoms with Gasteiger partial charge < -0.3 is 62.5 Å². The minimum atomic E-state index is -1.40. The molecule has 106 heavy (non-hydrogen) atoms. The lowest BCUT2D eigenvalue weighted by atomic mass is 9.81. The number of hydrogen-bond donors (Lipinski definition) is 18. The maximum absolute atomic E-state index is 15.4. The Balaban J connectivity index is 0.000000141. The van der Waals surface area contributed by atoms with Crippen molar-refractivity contribution in [2.75, 3.05) is 189 Å². The molecule has 0 unspecified atom stereocenters. The molecule has 9 aliphatic rings. The van der Waals surface area contributed by atoms with Gasteiger partial charge >= 0.3 is 0 Å². The van der Waals surface area contributed by atoms with E-state index in [4.69, 9.17) is 0 Å². The Bertz CT molecular complexity index is 4270. The van der Waals surface area contributed by atoms with Crippen molar-refractivity contribution in [3.05, 3.63) is 139 Å². The fraction of sp³-hybridized carbons (Fsp3) is 0.432. The molecular formula is C74H92F2N12O18+6. The first kappa shape index (κ1) is 74.6. The molecule has 0 amide bonds. The molecule has 6 saturated heterocycles. The second-order valence-corrected chi connectivity index (χ2v) is 29.5. The van der Waals surface area contributed by atoms with E-state index in [1.165, 1.54) is 24.3 Å². The highest BCUT2D eigenvalue weighted by Crippen LogP contribution is 2.47. The van der Waals surface area contributed by atoms with Crippen molar-refractivity contribution < 1.29 is 127 Å². The van der Waals surface area contributed by atoms with Crippen molar-refractivity contribution in [2.24, 2.45) is 0 Å².